The lowest BCUT2D eigenvalue weighted by Gasteiger charge is -2.17. The largest absolute Gasteiger partial charge is 0.480 e. The highest BCUT2D eigenvalue weighted by atomic mass is 16.5. The van der Waals surface area contributed by atoms with E-state index in [9.17, 15) is 19.5 Å². The number of carbonyl (C=O) groups is 3. The van der Waals surface area contributed by atoms with E-state index < -0.39 is 24.0 Å². The average Bonchev–Trinajstić information content (AvgIpc) is 3.11. The smallest absolute Gasteiger partial charge is 0.407 e. The van der Waals surface area contributed by atoms with Crippen LogP contribution >= 0.6 is 0 Å². The van der Waals surface area contributed by atoms with E-state index in [1.54, 1.807) is 12.1 Å². The zero-order valence-corrected chi connectivity index (χ0v) is 17.2. The third-order valence-corrected chi connectivity index (χ3v) is 5.61. The van der Waals surface area contributed by atoms with Gasteiger partial charge in [-0.3, -0.25) is 4.79 Å². The van der Waals surface area contributed by atoms with Crippen LogP contribution in [0.1, 0.15) is 33.0 Å². The fraction of sp³-hybridized carbons (Fsp3) is 0.160. The Bertz CT molecular complexity index is 1130. The lowest BCUT2D eigenvalue weighted by molar-refractivity contribution is -0.139. The molecule has 4 rings (SSSR count). The number of carboxylic acid groups (broad SMARTS) is 1. The van der Waals surface area contributed by atoms with Crippen molar-refractivity contribution in [1.29, 1.82) is 0 Å². The summed E-state index contributed by atoms with van der Waals surface area (Å²) in [6.45, 7) is 0.0967. The highest BCUT2D eigenvalue weighted by Crippen LogP contribution is 2.44. The number of ether oxygens (including phenoxy) is 1. The first-order chi connectivity index (χ1) is 15.4. The van der Waals surface area contributed by atoms with Crippen LogP contribution in [0.15, 0.2) is 72.8 Å². The molecule has 7 heteroatoms. The summed E-state index contributed by atoms with van der Waals surface area (Å²) in [5.74, 6) is -1.86. The second kappa shape index (κ2) is 8.93. The Balaban J connectivity index is 1.41. The molecular formula is C25H22N2O5. The van der Waals surface area contributed by atoms with Crippen LogP contribution in [0.5, 0.6) is 0 Å². The van der Waals surface area contributed by atoms with E-state index >= 15 is 0 Å². The molecule has 3 aromatic carbocycles. The van der Waals surface area contributed by atoms with E-state index in [0.717, 1.165) is 22.3 Å². The van der Waals surface area contributed by atoms with Gasteiger partial charge < -0.3 is 20.9 Å². The molecular weight excluding hydrogens is 408 g/mol. The second-order valence-electron chi connectivity index (χ2n) is 7.63. The summed E-state index contributed by atoms with van der Waals surface area (Å²) in [4.78, 5) is 35.2. The van der Waals surface area contributed by atoms with Gasteiger partial charge in [0.25, 0.3) is 0 Å². The molecule has 1 unspecified atom stereocenters. The number of nitrogens with two attached hydrogens (primary N) is 1. The Labute approximate surface area is 184 Å². The standard InChI is InChI=1S/C25H22N2O5/c26-23(28)16-11-9-15(10-12-16)13-22(24(29)30)27-25(31)32-14-21-19-7-3-1-5-17(19)18-6-2-4-8-20(18)21/h1-12,21-22H,13-14H2,(H2,26,28)(H,27,31)(H,29,30). The van der Waals surface area contributed by atoms with Crippen molar-refractivity contribution in [3.63, 3.8) is 0 Å². The van der Waals surface area contributed by atoms with Crippen molar-refractivity contribution in [1.82, 2.24) is 5.32 Å². The van der Waals surface area contributed by atoms with Gasteiger partial charge in [-0.25, -0.2) is 9.59 Å². The monoisotopic (exact) mass is 430 g/mol. The van der Waals surface area contributed by atoms with Crippen LogP contribution in [0, 0.1) is 0 Å². The van der Waals surface area contributed by atoms with Crippen molar-refractivity contribution in [2.75, 3.05) is 6.61 Å². The molecule has 0 spiro atoms. The number of primary amides is 1. The summed E-state index contributed by atoms with van der Waals surface area (Å²) < 4.78 is 5.43. The summed E-state index contributed by atoms with van der Waals surface area (Å²) in [6.07, 6.45) is -0.758. The van der Waals surface area contributed by atoms with Gasteiger partial charge in [-0.05, 0) is 39.9 Å². The van der Waals surface area contributed by atoms with Crippen molar-refractivity contribution in [3.05, 3.63) is 95.1 Å². The van der Waals surface area contributed by atoms with Crippen molar-refractivity contribution in [2.45, 2.75) is 18.4 Å². The summed E-state index contributed by atoms with van der Waals surface area (Å²) in [7, 11) is 0. The van der Waals surface area contributed by atoms with Crippen LogP contribution in [-0.4, -0.2) is 35.7 Å². The Morgan fingerprint density at radius 2 is 1.47 bits per heavy atom. The molecule has 0 radical (unpaired) electrons. The Kier molecular flexibility index (Phi) is 5.89. The first kappa shape index (κ1) is 21.1. The van der Waals surface area contributed by atoms with E-state index in [2.05, 4.69) is 5.32 Å². The number of alkyl carbamates (subject to hydrolysis) is 1. The van der Waals surface area contributed by atoms with Crippen LogP contribution in [0.3, 0.4) is 0 Å². The highest BCUT2D eigenvalue weighted by molar-refractivity contribution is 5.92. The van der Waals surface area contributed by atoms with Crippen molar-refractivity contribution >= 4 is 18.0 Å². The minimum Gasteiger partial charge on any atom is -0.480 e. The SMILES string of the molecule is NC(=O)c1ccc(CC(NC(=O)OCC2c3ccccc3-c3ccccc32)C(=O)O)cc1. The number of aliphatic carboxylic acids is 1. The summed E-state index contributed by atoms with van der Waals surface area (Å²) in [5.41, 5.74) is 10.6. The summed E-state index contributed by atoms with van der Waals surface area (Å²) >= 11 is 0. The number of nitrogens with one attached hydrogen (secondary N) is 1. The van der Waals surface area contributed by atoms with Gasteiger partial charge in [-0.1, -0.05) is 60.7 Å². The van der Waals surface area contributed by atoms with Gasteiger partial charge in [0, 0.05) is 17.9 Å². The van der Waals surface area contributed by atoms with Crippen molar-refractivity contribution in [3.8, 4) is 11.1 Å². The molecule has 0 aromatic heterocycles. The number of carboxylic acids is 1. The fourth-order valence-electron chi connectivity index (χ4n) is 4.02. The van der Waals surface area contributed by atoms with E-state index in [4.69, 9.17) is 10.5 Å². The number of hydrogen-bond donors (Lipinski definition) is 3. The van der Waals surface area contributed by atoms with Gasteiger partial charge in [-0.2, -0.15) is 0 Å². The number of rotatable bonds is 7. The zero-order valence-electron chi connectivity index (χ0n) is 17.2. The molecule has 0 heterocycles. The normalized spacial score (nSPS) is 13.0. The zero-order chi connectivity index (χ0) is 22.7. The van der Waals surface area contributed by atoms with E-state index in [0.29, 0.717) is 11.1 Å². The number of hydrogen-bond acceptors (Lipinski definition) is 4. The van der Waals surface area contributed by atoms with E-state index in [1.165, 1.54) is 12.1 Å². The van der Waals surface area contributed by atoms with Crippen molar-refractivity contribution in [2.24, 2.45) is 5.73 Å². The minimum absolute atomic E-state index is 0.0402. The molecule has 0 saturated carbocycles. The fourth-order valence-corrected chi connectivity index (χ4v) is 4.02. The molecule has 1 aliphatic rings. The summed E-state index contributed by atoms with van der Waals surface area (Å²) in [5, 5.41) is 11.9. The molecule has 0 bridgehead atoms. The van der Waals surface area contributed by atoms with Crippen LogP contribution in [0.4, 0.5) is 4.79 Å². The second-order valence-corrected chi connectivity index (χ2v) is 7.63. The Hall–Kier alpha value is -4.13. The predicted octanol–water partition coefficient (Wildman–Crippen LogP) is 3.32. The molecule has 0 aliphatic heterocycles. The van der Waals surface area contributed by atoms with Crippen LogP contribution in [0.2, 0.25) is 0 Å². The highest BCUT2D eigenvalue weighted by Gasteiger charge is 2.29. The van der Waals surface area contributed by atoms with Gasteiger partial charge in [0.15, 0.2) is 0 Å². The van der Waals surface area contributed by atoms with Crippen molar-refractivity contribution < 1.29 is 24.2 Å². The van der Waals surface area contributed by atoms with Gasteiger partial charge in [-0.15, -0.1) is 0 Å². The van der Waals surface area contributed by atoms with Gasteiger partial charge >= 0.3 is 12.1 Å². The van der Waals surface area contributed by atoms with Gasteiger partial charge in [0.1, 0.15) is 12.6 Å². The molecule has 3 aromatic rings. The average molecular weight is 430 g/mol. The first-order valence-corrected chi connectivity index (χ1v) is 10.2. The molecule has 1 aliphatic carbocycles. The molecule has 32 heavy (non-hydrogen) atoms. The first-order valence-electron chi connectivity index (χ1n) is 10.2. The van der Waals surface area contributed by atoms with E-state index in [-0.39, 0.29) is 18.9 Å². The topological polar surface area (TPSA) is 119 Å². The molecule has 162 valence electrons. The lowest BCUT2D eigenvalue weighted by Crippen LogP contribution is -2.42. The maximum atomic E-state index is 12.4. The molecule has 2 amide bonds. The molecule has 1 atom stereocenters. The number of benzene rings is 3. The Morgan fingerprint density at radius 1 is 0.906 bits per heavy atom. The molecule has 0 fully saturated rings. The predicted molar refractivity (Wildman–Crippen MR) is 118 cm³/mol. The molecule has 7 nitrogen and oxygen atoms in total. The third-order valence-electron chi connectivity index (χ3n) is 5.61. The van der Waals surface area contributed by atoms with Gasteiger partial charge in [0.05, 0.1) is 0 Å². The van der Waals surface area contributed by atoms with Gasteiger partial charge in [0.2, 0.25) is 5.91 Å². The lowest BCUT2D eigenvalue weighted by atomic mass is 9.98. The van der Waals surface area contributed by atoms with Crippen LogP contribution < -0.4 is 11.1 Å². The quantitative estimate of drug-likeness (QED) is 0.531. The Morgan fingerprint density at radius 3 is 2.00 bits per heavy atom. The third kappa shape index (κ3) is 4.32. The van der Waals surface area contributed by atoms with Crippen LogP contribution in [-0.2, 0) is 16.0 Å². The minimum atomic E-state index is -1.18. The number of fused-ring (bicyclic) bond motifs is 3. The van der Waals surface area contributed by atoms with Crippen LogP contribution in [0.25, 0.3) is 11.1 Å². The number of amides is 2. The van der Waals surface area contributed by atoms with E-state index in [1.807, 2.05) is 48.5 Å². The molecule has 4 N–H and O–H groups in total. The molecule has 0 saturated heterocycles. The number of carbonyl (C=O) groups excluding carboxylic acids is 2. The summed E-state index contributed by atoms with van der Waals surface area (Å²) in [6, 6.07) is 21.0. The maximum Gasteiger partial charge on any atom is 0.407 e. The maximum absolute atomic E-state index is 12.4.